The van der Waals surface area contributed by atoms with Gasteiger partial charge in [0.25, 0.3) is 0 Å². The van der Waals surface area contributed by atoms with Gasteiger partial charge in [0.15, 0.2) is 0 Å². The van der Waals surface area contributed by atoms with E-state index in [-0.39, 0.29) is 24.5 Å². The van der Waals surface area contributed by atoms with Crippen molar-refractivity contribution in [2.24, 2.45) is 11.3 Å². The van der Waals surface area contributed by atoms with Crippen molar-refractivity contribution in [3.05, 3.63) is 35.4 Å². The van der Waals surface area contributed by atoms with Gasteiger partial charge < -0.3 is 10.4 Å². The number of benzene rings is 1. The van der Waals surface area contributed by atoms with Gasteiger partial charge in [-0.05, 0) is 17.0 Å². The monoisotopic (exact) mass is 319 g/mol. The van der Waals surface area contributed by atoms with Gasteiger partial charge in [-0.3, -0.25) is 4.79 Å². The molecule has 0 amide bonds. The highest BCUT2D eigenvalue weighted by atomic mass is 35.5. The van der Waals surface area contributed by atoms with E-state index in [9.17, 15) is 18.7 Å². The molecule has 2 rings (SSSR count). The van der Waals surface area contributed by atoms with E-state index in [0.29, 0.717) is 6.54 Å². The summed E-state index contributed by atoms with van der Waals surface area (Å²) in [4.78, 5) is 11.6. The number of rotatable bonds is 2. The summed E-state index contributed by atoms with van der Waals surface area (Å²) < 4.78 is 27.4. The van der Waals surface area contributed by atoms with Crippen LogP contribution < -0.4 is 5.32 Å². The quantitative estimate of drug-likeness (QED) is 0.881. The molecular formula is C15H20ClF2NO2. The zero-order valence-electron chi connectivity index (χ0n) is 12.2. The molecule has 1 heterocycles. The van der Waals surface area contributed by atoms with Gasteiger partial charge in [-0.15, -0.1) is 12.4 Å². The second-order valence-electron chi connectivity index (χ2n) is 6.37. The van der Waals surface area contributed by atoms with Crippen molar-refractivity contribution in [3.63, 3.8) is 0 Å². The van der Waals surface area contributed by atoms with E-state index in [0.717, 1.165) is 6.07 Å². The van der Waals surface area contributed by atoms with Crippen molar-refractivity contribution < 1.29 is 18.7 Å². The molecule has 1 aromatic rings. The predicted octanol–water partition coefficient (Wildman–Crippen LogP) is 2.97. The minimum Gasteiger partial charge on any atom is -0.481 e. The van der Waals surface area contributed by atoms with Crippen LogP contribution in [0.25, 0.3) is 0 Å². The zero-order valence-corrected chi connectivity index (χ0v) is 13.1. The number of hydrogen-bond donors (Lipinski definition) is 2. The summed E-state index contributed by atoms with van der Waals surface area (Å²) in [5, 5.41) is 12.5. The first-order valence-electron chi connectivity index (χ1n) is 6.59. The molecule has 1 fully saturated rings. The summed E-state index contributed by atoms with van der Waals surface area (Å²) in [7, 11) is 0. The lowest BCUT2D eigenvalue weighted by Crippen LogP contribution is -2.50. The Labute approximate surface area is 129 Å². The summed E-state index contributed by atoms with van der Waals surface area (Å²) in [6, 6.07) is 3.38. The Bertz CT molecular complexity index is 545. The van der Waals surface area contributed by atoms with Crippen LogP contribution in [0.15, 0.2) is 18.2 Å². The molecule has 0 aromatic heterocycles. The number of halogens is 3. The van der Waals surface area contributed by atoms with Gasteiger partial charge in [-0.1, -0.05) is 26.8 Å². The Morgan fingerprint density at radius 1 is 1.38 bits per heavy atom. The number of carbonyl (C=O) groups is 1. The number of carboxylic acids is 1. The van der Waals surface area contributed by atoms with Gasteiger partial charge in [-0.2, -0.15) is 0 Å². The van der Waals surface area contributed by atoms with Crippen molar-refractivity contribution in [1.29, 1.82) is 0 Å². The molecule has 118 valence electrons. The average molecular weight is 320 g/mol. The lowest BCUT2D eigenvalue weighted by atomic mass is 9.57. The third-order valence-electron chi connectivity index (χ3n) is 4.40. The molecule has 0 unspecified atom stereocenters. The number of hydrogen-bond acceptors (Lipinski definition) is 2. The Balaban J connectivity index is 0.00000220. The van der Waals surface area contributed by atoms with Crippen LogP contribution in [0.4, 0.5) is 8.78 Å². The van der Waals surface area contributed by atoms with Crippen LogP contribution in [0.5, 0.6) is 0 Å². The Kier molecular flexibility index (Phi) is 5.01. The standard InChI is InChI=1S/C15H19F2NO2.ClH/c1-14(2,3)15(8-18-7-11(15)13(19)20)10-5-4-9(16)6-12(10)17;/h4-6,11,18H,7-8H2,1-3H3,(H,19,20);1H/t11-,15-;/m0./s1. The molecule has 0 saturated carbocycles. The Morgan fingerprint density at radius 2 is 2.00 bits per heavy atom. The number of carboxylic acid groups (broad SMARTS) is 1. The maximum absolute atomic E-state index is 14.3. The molecule has 1 aliphatic heterocycles. The smallest absolute Gasteiger partial charge is 0.308 e. The van der Waals surface area contributed by atoms with E-state index >= 15 is 0 Å². The molecule has 6 heteroatoms. The fourth-order valence-electron chi connectivity index (χ4n) is 3.34. The fourth-order valence-corrected chi connectivity index (χ4v) is 3.34. The lowest BCUT2D eigenvalue weighted by Gasteiger charge is -2.45. The van der Waals surface area contributed by atoms with Gasteiger partial charge in [0.2, 0.25) is 0 Å². The van der Waals surface area contributed by atoms with Crippen molar-refractivity contribution in [2.45, 2.75) is 26.2 Å². The highest BCUT2D eigenvalue weighted by molar-refractivity contribution is 5.85. The number of nitrogens with one attached hydrogen (secondary N) is 1. The van der Waals surface area contributed by atoms with E-state index < -0.39 is 34.4 Å². The molecule has 0 aliphatic carbocycles. The average Bonchev–Trinajstić information content (AvgIpc) is 2.73. The molecule has 1 aromatic carbocycles. The van der Waals surface area contributed by atoms with E-state index in [1.54, 1.807) is 0 Å². The number of aliphatic carboxylic acids is 1. The maximum Gasteiger partial charge on any atom is 0.308 e. The minimum atomic E-state index is -0.964. The van der Waals surface area contributed by atoms with E-state index in [1.807, 2.05) is 20.8 Å². The van der Waals surface area contributed by atoms with Gasteiger partial charge in [0.1, 0.15) is 11.6 Å². The molecule has 3 nitrogen and oxygen atoms in total. The first-order valence-corrected chi connectivity index (χ1v) is 6.59. The summed E-state index contributed by atoms with van der Waals surface area (Å²) in [6.07, 6.45) is 0. The SMILES string of the molecule is CC(C)(C)[C@]1(c2ccc(F)cc2F)CNC[C@H]1C(=O)O.Cl. The molecule has 21 heavy (non-hydrogen) atoms. The largest absolute Gasteiger partial charge is 0.481 e. The van der Waals surface area contributed by atoms with E-state index in [4.69, 9.17) is 0 Å². The Morgan fingerprint density at radius 3 is 2.48 bits per heavy atom. The maximum atomic E-state index is 14.3. The second-order valence-corrected chi connectivity index (χ2v) is 6.37. The normalized spacial score (nSPS) is 25.5. The summed E-state index contributed by atoms with van der Waals surface area (Å²) in [5.74, 6) is -3.06. The van der Waals surface area contributed by atoms with Crippen molar-refractivity contribution >= 4 is 18.4 Å². The van der Waals surface area contributed by atoms with Gasteiger partial charge in [0.05, 0.1) is 5.92 Å². The van der Waals surface area contributed by atoms with E-state index in [1.165, 1.54) is 12.1 Å². The van der Waals surface area contributed by atoms with Crippen LogP contribution in [-0.2, 0) is 10.2 Å². The van der Waals surface area contributed by atoms with Crippen LogP contribution in [0.1, 0.15) is 26.3 Å². The third-order valence-corrected chi connectivity index (χ3v) is 4.40. The van der Waals surface area contributed by atoms with Crippen molar-refractivity contribution in [1.82, 2.24) is 5.32 Å². The molecule has 0 radical (unpaired) electrons. The van der Waals surface area contributed by atoms with E-state index in [2.05, 4.69) is 5.32 Å². The predicted molar refractivity (Wildman–Crippen MR) is 78.7 cm³/mol. The second kappa shape index (κ2) is 5.89. The summed E-state index contributed by atoms with van der Waals surface area (Å²) in [5.41, 5.74) is -1.13. The highest BCUT2D eigenvalue weighted by Gasteiger charge is 2.56. The van der Waals surface area contributed by atoms with Crippen LogP contribution >= 0.6 is 12.4 Å². The van der Waals surface area contributed by atoms with Crippen LogP contribution in [0.3, 0.4) is 0 Å². The molecular weight excluding hydrogens is 300 g/mol. The molecule has 0 spiro atoms. The zero-order chi connectivity index (χ0) is 15.1. The lowest BCUT2D eigenvalue weighted by molar-refractivity contribution is -0.144. The van der Waals surface area contributed by atoms with Crippen LogP contribution in [-0.4, -0.2) is 24.2 Å². The Hall–Kier alpha value is -1.20. The highest BCUT2D eigenvalue weighted by Crippen LogP contribution is 2.50. The fraction of sp³-hybridized carbons (Fsp3) is 0.533. The van der Waals surface area contributed by atoms with Crippen molar-refractivity contribution in [3.8, 4) is 0 Å². The van der Waals surface area contributed by atoms with Crippen LogP contribution in [0.2, 0.25) is 0 Å². The minimum absolute atomic E-state index is 0. The first kappa shape index (κ1) is 17.9. The third kappa shape index (κ3) is 2.77. The summed E-state index contributed by atoms with van der Waals surface area (Å²) >= 11 is 0. The molecule has 1 saturated heterocycles. The molecule has 2 N–H and O–H groups in total. The summed E-state index contributed by atoms with van der Waals surface area (Å²) in [6.45, 7) is 6.30. The molecule has 0 bridgehead atoms. The van der Waals surface area contributed by atoms with Crippen molar-refractivity contribution in [2.75, 3.05) is 13.1 Å². The first-order chi connectivity index (χ1) is 9.20. The van der Waals surface area contributed by atoms with Gasteiger partial charge in [-0.25, -0.2) is 8.78 Å². The van der Waals surface area contributed by atoms with Crippen LogP contribution in [0, 0.1) is 23.0 Å². The topological polar surface area (TPSA) is 49.3 Å². The van der Waals surface area contributed by atoms with Gasteiger partial charge >= 0.3 is 5.97 Å². The molecule has 1 aliphatic rings. The van der Waals surface area contributed by atoms with Gasteiger partial charge in [0, 0.05) is 24.6 Å². The molecule has 2 atom stereocenters.